The van der Waals surface area contributed by atoms with Gasteiger partial charge in [0.1, 0.15) is 11.6 Å². The van der Waals surface area contributed by atoms with Crippen molar-refractivity contribution in [2.75, 3.05) is 7.11 Å². The Morgan fingerprint density at radius 1 is 1.12 bits per heavy atom. The van der Waals surface area contributed by atoms with E-state index in [-0.39, 0.29) is 0 Å². The van der Waals surface area contributed by atoms with Gasteiger partial charge in [-0.2, -0.15) is 0 Å². The van der Waals surface area contributed by atoms with Crippen molar-refractivity contribution < 1.29 is 4.74 Å². The first kappa shape index (κ1) is 16.2. The molecule has 3 aromatic rings. The molecular weight excluding hydrogens is 330 g/mol. The highest BCUT2D eigenvalue weighted by Gasteiger charge is 2.15. The molecule has 25 heavy (non-hydrogen) atoms. The molecule has 0 aliphatic heterocycles. The van der Waals surface area contributed by atoms with Crippen molar-refractivity contribution in [3.8, 4) is 17.1 Å². The zero-order valence-corrected chi connectivity index (χ0v) is 15.1. The van der Waals surface area contributed by atoms with Crippen LogP contribution in [-0.4, -0.2) is 22.1 Å². The normalized spacial score (nSPS) is 13.5. The Morgan fingerprint density at radius 3 is 2.88 bits per heavy atom. The Morgan fingerprint density at radius 2 is 2.04 bits per heavy atom. The fourth-order valence-electron chi connectivity index (χ4n) is 3.37. The van der Waals surface area contributed by atoms with Gasteiger partial charge in [-0.3, -0.25) is 4.98 Å². The highest BCUT2D eigenvalue weighted by atomic mass is 32.2. The second-order valence-electron chi connectivity index (χ2n) is 6.19. The fraction of sp³-hybridized carbons (Fsp3) is 0.300. The minimum Gasteiger partial charge on any atom is -0.497 e. The van der Waals surface area contributed by atoms with Crippen molar-refractivity contribution in [3.05, 3.63) is 59.7 Å². The first-order valence-corrected chi connectivity index (χ1v) is 9.60. The minimum absolute atomic E-state index is 0.839. The van der Waals surface area contributed by atoms with Crippen molar-refractivity contribution in [2.24, 2.45) is 0 Å². The number of fused-ring (bicyclic) bond motifs is 1. The number of imidazole rings is 1. The van der Waals surface area contributed by atoms with Gasteiger partial charge in [0.25, 0.3) is 0 Å². The molecule has 0 saturated heterocycles. The SMILES string of the molecule is COc1ccc(SCc2nccc3c2CCCC3)c(-c2ncc[nH]2)c1. The third-order valence-electron chi connectivity index (χ3n) is 4.67. The van der Waals surface area contributed by atoms with Gasteiger partial charge in [-0.05, 0) is 61.1 Å². The average Bonchev–Trinajstić information content (AvgIpc) is 3.21. The highest BCUT2D eigenvalue weighted by Crippen LogP contribution is 2.35. The molecule has 0 fully saturated rings. The van der Waals surface area contributed by atoms with Gasteiger partial charge < -0.3 is 9.72 Å². The van der Waals surface area contributed by atoms with E-state index in [0.717, 1.165) is 29.3 Å². The third kappa shape index (κ3) is 3.42. The molecule has 128 valence electrons. The van der Waals surface area contributed by atoms with E-state index in [0.29, 0.717) is 0 Å². The minimum atomic E-state index is 0.839. The number of aromatic nitrogens is 3. The van der Waals surface area contributed by atoms with E-state index < -0.39 is 0 Å². The number of H-pyrrole nitrogens is 1. The van der Waals surface area contributed by atoms with Crippen LogP contribution in [0.2, 0.25) is 0 Å². The van der Waals surface area contributed by atoms with Crippen LogP contribution < -0.4 is 4.74 Å². The lowest BCUT2D eigenvalue weighted by Crippen LogP contribution is -2.07. The van der Waals surface area contributed by atoms with Gasteiger partial charge in [0.05, 0.1) is 12.8 Å². The molecule has 4 rings (SSSR count). The lowest BCUT2D eigenvalue weighted by Gasteiger charge is -2.18. The number of thioether (sulfide) groups is 1. The van der Waals surface area contributed by atoms with E-state index in [1.807, 2.05) is 36.3 Å². The molecule has 1 aliphatic rings. The number of nitrogens with one attached hydrogen (secondary N) is 1. The van der Waals surface area contributed by atoms with Crippen molar-refractivity contribution in [1.82, 2.24) is 15.0 Å². The first-order chi connectivity index (χ1) is 12.3. The molecule has 4 nitrogen and oxygen atoms in total. The summed E-state index contributed by atoms with van der Waals surface area (Å²) in [5.41, 5.74) is 5.25. The average molecular weight is 351 g/mol. The summed E-state index contributed by atoms with van der Waals surface area (Å²) in [5.74, 6) is 2.58. The number of benzene rings is 1. The van der Waals surface area contributed by atoms with E-state index in [1.165, 1.54) is 41.0 Å². The van der Waals surface area contributed by atoms with Crippen LogP contribution >= 0.6 is 11.8 Å². The van der Waals surface area contributed by atoms with Crippen LogP contribution in [-0.2, 0) is 18.6 Å². The standard InChI is InChI=1S/C20H21N3OS/c1-24-15-6-7-19(17(12-15)20-22-10-11-23-20)25-13-18-16-5-3-2-4-14(16)8-9-21-18/h6-12H,2-5,13H2,1H3,(H,22,23). The number of rotatable bonds is 5. The topological polar surface area (TPSA) is 50.8 Å². The van der Waals surface area contributed by atoms with Gasteiger partial charge in [0.2, 0.25) is 0 Å². The lowest BCUT2D eigenvalue weighted by molar-refractivity contribution is 0.414. The molecule has 0 radical (unpaired) electrons. The van der Waals surface area contributed by atoms with Crippen LogP contribution in [0.15, 0.2) is 47.8 Å². The number of hydrogen-bond acceptors (Lipinski definition) is 4. The van der Waals surface area contributed by atoms with E-state index in [2.05, 4.69) is 27.1 Å². The molecule has 0 atom stereocenters. The van der Waals surface area contributed by atoms with Crippen molar-refractivity contribution in [1.29, 1.82) is 0 Å². The van der Waals surface area contributed by atoms with E-state index in [9.17, 15) is 0 Å². The Hall–Kier alpha value is -2.27. The molecule has 0 saturated carbocycles. The molecule has 2 aromatic heterocycles. The monoisotopic (exact) mass is 351 g/mol. The third-order valence-corrected chi connectivity index (χ3v) is 5.75. The first-order valence-electron chi connectivity index (χ1n) is 8.61. The summed E-state index contributed by atoms with van der Waals surface area (Å²) in [6, 6.07) is 8.33. The van der Waals surface area contributed by atoms with E-state index >= 15 is 0 Å². The Bertz CT molecular complexity index is 861. The van der Waals surface area contributed by atoms with Crippen LogP contribution in [0, 0.1) is 0 Å². The summed E-state index contributed by atoms with van der Waals surface area (Å²) in [5, 5.41) is 0. The summed E-state index contributed by atoms with van der Waals surface area (Å²) in [6.45, 7) is 0. The van der Waals surface area contributed by atoms with Gasteiger partial charge in [0, 0.05) is 34.8 Å². The maximum atomic E-state index is 5.38. The van der Waals surface area contributed by atoms with Crippen molar-refractivity contribution in [2.45, 2.75) is 36.3 Å². The number of aromatic amines is 1. The Balaban J connectivity index is 1.62. The second-order valence-corrected chi connectivity index (χ2v) is 7.21. The van der Waals surface area contributed by atoms with Gasteiger partial charge in [-0.1, -0.05) is 0 Å². The smallest absolute Gasteiger partial charge is 0.138 e. The zero-order chi connectivity index (χ0) is 17.1. The molecule has 0 bridgehead atoms. The van der Waals surface area contributed by atoms with Crippen LogP contribution in [0.5, 0.6) is 5.75 Å². The Labute approximate surface area is 152 Å². The van der Waals surface area contributed by atoms with Crippen molar-refractivity contribution >= 4 is 11.8 Å². The van der Waals surface area contributed by atoms with E-state index in [4.69, 9.17) is 4.74 Å². The number of methoxy groups -OCH3 is 1. The molecule has 0 amide bonds. The molecule has 5 heteroatoms. The molecule has 1 N–H and O–H groups in total. The quantitative estimate of drug-likeness (QED) is 0.680. The van der Waals surface area contributed by atoms with Crippen LogP contribution in [0.4, 0.5) is 0 Å². The predicted molar refractivity (Wildman–Crippen MR) is 101 cm³/mol. The predicted octanol–water partition coefficient (Wildman–Crippen LogP) is 4.65. The lowest BCUT2D eigenvalue weighted by atomic mass is 9.91. The molecule has 0 unspecified atom stereocenters. The summed E-state index contributed by atoms with van der Waals surface area (Å²) in [4.78, 5) is 13.5. The van der Waals surface area contributed by atoms with Gasteiger partial charge in [0.15, 0.2) is 0 Å². The molecule has 1 aliphatic carbocycles. The van der Waals surface area contributed by atoms with Crippen LogP contribution in [0.25, 0.3) is 11.4 Å². The number of ether oxygens (including phenoxy) is 1. The largest absolute Gasteiger partial charge is 0.497 e. The van der Waals surface area contributed by atoms with E-state index in [1.54, 1.807) is 13.3 Å². The molecule has 1 aromatic carbocycles. The van der Waals surface area contributed by atoms with Gasteiger partial charge in [-0.25, -0.2) is 4.98 Å². The number of nitrogens with zero attached hydrogens (tertiary/aromatic N) is 2. The number of pyridine rings is 1. The zero-order valence-electron chi connectivity index (χ0n) is 14.3. The van der Waals surface area contributed by atoms with Gasteiger partial charge >= 0.3 is 0 Å². The number of aryl methyl sites for hydroxylation is 1. The van der Waals surface area contributed by atoms with Gasteiger partial charge in [-0.15, -0.1) is 11.8 Å². The fourth-order valence-corrected chi connectivity index (χ4v) is 4.38. The molecule has 2 heterocycles. The van der Waals surface area contributed by atoms with Crippen LogP contribution in [0.3, 0.4) is 0 Å². The highest BCUT2D eigenvalue weighted by molar-refractivity contribution is 7.98. The number of hydrogen-bond donors (Lipinski definition) is 1. The summed E-state index contributed by atoms with van der Waals surface area (Å²) in [6.07, 6.45) is 10.5. The summed E-state index contributed by atoms with van der Waals surface area (Å²) >= 11 is 1.81. The Kier molecular flexibility index (Phi) is 4.74. The molecular formula is C20H21N3OS. The molecule has 0 spiro atoms. The van der Waals surface area contributed by atoms with Crippen LogP contribution in [0.1, 0.15) is 29.7 Å². The maximum Gasteiger partial charge on any atom is 0.138 e. The second kappa shape index (κ2) is 7.31. The maximum absolute atomic E-state index is 5.38. The summed E-state index contributed by atoms with van der Waals surface area (Å²) in [7, 11) is 1.69. The summed E-state index contributed by atoms with van der Waals surface area (Å²) < 4.78 is 5.38. The van der Waals surface area contributed by atoms with Crippen molar-refractivity contribution in [3.63, 3.8) is 0 Å².